The molecule has 0 atom stereocenters. The Morgan fingerprint density at radius 1 is 1.17 bits per heavy atom. The number of halogens is 4. The number of rotatable bonds is 6. The van der Waals surface area contributed by atoms with Crippen LogP contribution in [0.5, 0.6) is 0 Å². The van der Waals surface area contributed by atoms with Gasteiger partial charge < -0.3 is 9.84 Å². The zero-order valence-electron chi connectivity index (χ0n) is 18.7. The van der Waals surface area contributed by atoms with E-state index in [1.807, 2.05) is 0 Å². The van der Waals surface area contributed by atoms with Crippen LogP contribution in [0.25, 0.3) is 10.9 Å². The Hall–Kier alpha value is -3.61. The number of aromatic nitrogens is 5. The summed E-state index contributed by atoms with van der Waals surface area (Å²) in [6.45, 7) is 5.05. The molecule has 4 aromatic rings. The summed E-state index contributed by atoms with van der Waals surface area (Å²) in [5.41, 5.74) is -0.0460. The topological polar surface area (TPSA) is 116 Å². The number of nitrogens with zero attached hydrogens (tertiary/aromatic N) is 5. The molecule has 0 unspecified atom stereocenters. The van der Waals surface area contributed by atoms with E-state index in [9.17, 15) is 22.8 Å². The van der Waals surface area contributed by atoms with Gasteiger partial charge in [0.2, 0.25) is 5.78 Å². The first-order valence-electron chi connectivity index (χ1n) is 10.4. The molecular weight excluding hydrogens is 533 g/mol. The van der Waals surface area contributed by atoms with Crippen molar-refractivity contribution in [3.05, 3.63) is 63.1 Å². The van der Waals surface area contributed by atoms with Crippen LogP contribution in [0.15, 0.2) is 33.3 Å². The van der Waals surface area contributed by atoms with Crippen LogP contribution in [-0.2, 0) is 12.7 Å². The zero-order chi connectivity index (χ0) is 25.5. The molecule has 0 spiro atoms. The summed E-state index contributed by atoms with van der Waals surface area (Å²) < 4.78 is 47.3. The van der Waals surface area contributed by atoms with Crippen molar-refractivity contribution in [1.29, 1.82) is 0 Å². The minimum absolute atomic E-state index is 0.0341. The summed E-state index contributed by atoms with van der Waals surface area (Å²) in [7, 11) is 0. The van der Waals surface area contributed by atoms with Gasteiger partial charge in [-0.3, -0.25) is 14.3 Å². The number of hydrogen-bond acceptors (Lipinski definition) is 7. The van der Waals surface area contributed by atoms with Crippen LogP contribution in [0.4, 0.5) is 18.9 Å². The van der Waals surface area contributed by atoms with Crippen LogP contribution in [-0.4, -0.2) is 36.6 Å². The molecule has 0 saturated heterocycles. The average molecular weight is 551 g/mol. The molecule has 4 rings (SSSR count). The number of nitrogens with one attached hydrogen (secondary N) is 1. The number of fused-ring (bicyclic) bond motifs is 1. The van der Waals surface area contributed by atoms with Crippen molar-refractivity contribution < 1.29 is 27.3 Å². The molecule has 182 valence electrons. The van der Waals surface area contributed by atoms with Crippen LogP contribution in [0.3, 0.4) is 0 Å². The molecule has 0 aliphatic rings. The number of ketones is 1. The third-order valence-electron chi connectivity index (χ3n) is 5.24. The fourth-order valence-electron chi connectivity index (χ4n) is 3.46. The molecule has 0 saturated carbocycles. The summed E-state index contributed by atoms with van der Waals surface area (Å²) in [5, 5.41) is 11.1. The molecule has 35 heavy (non-hydrogen) atoms. The molecule has 1 amide bonds. The number of alkyl halides is 3. The second-order valence-corrected chi connectivity index (χ2v) is 8.58. The van der Waals surface area contributed by atoms with E-state index in [2.05, 4.69) is 41.5 Å². The van der Waals surface area contributed by atoms with Crippen molar-refractivity contribution in [3.63, 3.8) is 0 Å². The molecule has 13 heteroatoms. The number of amides is 1. The Morgan fingerprint density at radius 3 is 2.60 bits per heavy atom. The molecular formula is C22H18BrF3N6O3. The minimum Gasteiger partial charge on any atom is -0.331 e. The van der Waals surface area contributed by atoms with Gasteiger partial charge in [-0.25, -0.2) is 4.98 Å². The quantitative estimate of drug-likeness (QED) is 0.332. The highest BCUT2D eigenvalue weighted by atomic mass is 79.9. The van der Waals surface area contributed by atoms with E-state index in [0.717, 1.165) is 6.07 Å². The fraction of sp³-hybridized carbons (Fsp3) is 0.273. The van der Waals surface area contributed by atoms with Gasteiger partial charge in [-0.2, -0.15) is 23.3 Å². The summed E-state index contributed by atoms with van der Waals surface area (Å²) in [5.74, 6) is -0.930. The van der Waals surface area contributed by atoms with E-state index < -0.39 is 17.8 Å². The normalized spacial score (nSPS) is 11.7. The van der Waals surface area contributed by atoms with Gasteiger partial charge in [-0.05, 0) is 38.1 Å². The van der Waals surface area contributed by atoms with Crippen molar-refractivity contribution in [2.24, 2.45) is 0 Å². The van der Waals surface area contributed by atoms with E-state index in [1.54, 1.807) is 26.8 Å². The van der Waals surface area contributed by atoms with Gasteiger partial charge in [-0.15, -0.1) is 0 Å². The highest BCUT2D eigenvalue weighted by Gasteiger charge is 2.34. The van der Waals surface area contributed by atoms with E-state index in [0.29, 0.717) is 21.5 Å². The molecule has 0 radical (unpaired) electrons. The van der Waals surface area contributed by atoms with Gasteiger partial charge in [0.15, 0.2) is 5.82 Å². The largest absolute Gasteiger partial charge is 0.433 e. The van der Waals surface area contributed by atoms with Crippen LogP contribution < -0.4 is 5.32 Å². The molecule has 3 aromatic heterocycles. The van der Waals surface area contributed by atoms with Crippen molar-refractivity contribution in [2.45, 2.75) is 39.9 Å². The molecule has 1 N–H and O–H groups in total. The Morgan fingerprint density at radius 2 is 1.91 bits per heavy atom. The molecule has 0 aliphatic heterocycles. The number of aryl methyl sites for hydroxylation is 1. The Kier molecular flexibility index (Phi) is 6.45. The highest BCUT2D eigenvalue weighted by molar-refractivity contribution is 9.10. The number of hydrogen-bond donors (Lipinski definition) is 1. The standard InChI is InChI=1S/C22H18BrF3N6O3/c1-4-16(33)21-28-18(31-35-21)9-32-11(3)19(10(2)30-32)29-20(34)14-8-17(22(24,25)26)27-15-6-5-12(23)7-13(14)15/h5-8H,4,9H2,1-3H3,(H,29,34). The van der Waals surface area contributed by atoms with Gasteiger partial charge >= 0.3 is 6.18 Å². The second-order valence-electron chi connectivity index (χ2n) is 7.66. The van der Waals surface area contributed by atoms with E-state index >= 15 is 0 Å². The van der Waals surface area contributed by atoms with Crippen molar-refractivity contribution in [2.75, 3.05) is 5.32 Å². The summed E-state index contributed by atoms with van der Waals surface area (Å²) in [6.07, 6.45) is -4.51. The van der Waals surface area contributed by atoms with E-state index in [1.165, 1.54) is 16.8 Å². The second kappa shape index (κ2) is 9.21. The lowest BCUT2D eigenvalue weighted by Crippen LogP contribution is -2.17. The Bertz CT molecular complexity index is 1460. The number of carbonyl (C=O) groups is 2. The molecule has 0 bridgehead atoms. The molecule has 0 aliphatic carbocycles. The summed E-state index contributed by atoms with van der Waals surface area (Å²) >= 11 is 3.28. The SMILES string of the molecule is CCC(=O)c1nc(Cn2nc(C)c(NC(=O)c3cc(C(F)(F)F)nc4ccc(Br)cc34)c2C)no1. The third-order valence-corrected chi connectivity index (χ3v) is 5.74. The molecule has 9 nitrogen and oxygen atoms in total. The maximum absolute atomic E-state index is 13.4. The molecule has 1 aromatic carbocycles. The van der Waals surface area contributed by atoms with Crippen LogP contribution in [0, 0.1) is 13.8 Å². The lowest BCUT2D eigenvalue weighted by atomic mass is 10.1. The maximum Gasteiger partial charge on any atom is 0.433 e. The Labute approximate surface area is 204 Å². The van der Waals surface area contributed by atoms with Gasteiger partial charge in [0, 0.05) is 16.3 Å². The first kappa shape index (κ1) is 24.5. The lowest BCUT2D eigenvalue weighted by Gasteiger charge is -2.13. The van der Waals surface area contributed by atoms with Gasteiger partial charge in [0.25, 0.3) is 11.8 Å². The van der Waals surface area contributed by atoms with Gasteiger partial charge in [-0.1, -0.05) is 28.0 Å². The predicted octanol–water partition coefficient (Wildman–Crippen LogP) is 5.11. The first-order valence-corrected chi connectivity index (χ1v) is 11.2. The number of Topliss-reactive ketones (excluding diaryl/α,β-unsaturated/α-hetero) is 1. The van der Waals surface area contributed by atoms with Crippen molar-refractivity contribution in [3.8, 4) is 0 Å². The fourth-order valence-corrected chi connectivity index (χ4v) is 3.82. The van der Waals surface area contributed by atoms with Gasteiger partial charge in [0.05, 0.1) is 28.2 Å². The lowest BCUT2D eigenvalue weighted by molar-refractivity contribution is -0.140. The minimum atomic E-state index is -4.73. The predicted molar refractivity (Wildman–Crippen MR) is 122 cm³/mol. The molecule has 3 heterocycles. The summed E-state index contributed by atoms with van der Waals surface area (Å²) in [6, 6.07) is 5.21. The van der Waals surface area contributed by atoms with E-state index in [-0.39, 0.29) is 46.9 Å². The van der Waals surface area contributed by atoms with Crippen molar-refractivity contribution >= 4 is 44.2 Å². The molecule has 0 fully saturated rings. The number of benzene rings is 1. The van der Waals surface area contributed by atoms with Gasteiger partial charge in [0.1, 0.15) is 12.2 Å². The maximum atomic E-state index is 13.4. The first-order chi connectivity index (χ1) is 16.5. The number of carbonyl (C=O) groups excluding carboxylic acids is 2. The monoisotopic (exact) mass is 550 g/mol. The van der Waals surface area contributed by atoms with Crippen molar-refractivity contribution in [1.82, 2.24) is 24.9 Å². The number of pyridine rings is 1. The third kappa shape index (κ3) is 4.94. The van der Waals surface area contributed by atoms with E-state index in [4.69, 9.17) is 4.52 Å². The Balaban J connectivity index is 1.67. The average Bonchev–Trinajstić information content (AvgIpc) is 3.37. The van der Waals surface area contributed by atoms with Crippen LogP contribution in [0.1, 0.15) is 57.3 Å². The highest BCUT2D eigenvalue weighted by Crippen LogP contribution is 2.32. The summed E-state index contributed by atoms with van der Waals surface area (Å²) in [4.78, 5) is 32.6. The number of anilines is 1. The van der Waals surface area contributed by atoms with Crippen LogP contribution >= 0.6 is 15.9 Å². The van der Waals surface area contributed by atoms with Crippen LogP contribution in [0.2, 0.25) is 0 Å². The zero-order valence-corrected chi connectivity index (χ0v) is 20.3. The smallest absolute Gasteiger partial charge is 0.331 e.